The molecule has 0 spiro atoms. The van der Waals surface area contributed by atoms with Gasteiger partial charge in [0.2, 0.25) is 0 Å². The second kappa shape index (κ2) is 7.19. The molecule has 1 atom stereocenters. The van der Waals surface area contributed by atoms with Crippen LogP contribution in [0.25, 0.3) is 0 Å². The van der Waals surface area contributed by atoms with Gasteiger partial charge in [0.25, 0.3) is 6.43 Å². The number of ether oxygens (including phenoxy) is 2. The monoisotopic (exact) mass is 246 g/mol. The van der Waals surface area contributed by atoms with E-state index in [2.05, 4.69) is 0 Å². The quantitative estimate of drug-likeness (QED) is 0.751. The molecule has 17 heavy (non-hydrogen) atoms. The Morgan fingerprint density at radius 1 is 1.35 bits per heavy atom. The third-order valence-corrected chi connectivity index (χ3v) is 2.26. The van der Waals surface area contributed by atoms with Gasteiger partial charge in [0.05, 0.1) is 13.2 Å². The Bertz CT molecular complexity index is 331. The Morgan fingerprint density at radius 3 is 2.76 bits per heavy atom. The van der Waals surface area contributed by atoms with E-state index in [9.17, 15) is 13.9 Å². The number of alkyl halides is 2. The summed E-state index contributed by atoms with van der Waals surface area (Å²) >= 11 is 0. The van der Waals surface area contributed by atoms with Crippen LogP contribution in [-0.4, -0.2) is 31.9 Å². The van der Waals surface area contributed by atoms with Crippen molar-refractivity contribution < 1.29 is 23.4 Å². The SMILES string of the molecule is COc1cccc(C(O)CCOCC(F)F)c1. The highest BCUT2D eigenvalue weighted by Crippen LogP contribution is 2.21. The first-order valence-corrected chi connectivity index (χ1v) is 5.31. The molecule has 0 heterocycles. The fourth-order valence-corrected chi connectivity index (χ4v) is 1.38. The molecule has 0 saturated carbocycles. The van der Waals surface area contributed by atoms with Crippen molar-refractivity contribution in [1.82, 2.24) is 0 Å². The third kappa shape index (κ3) is 5.10. The Balaban J connectivity index is 2.38. The van der Waals surface area contributed by atoms with E-state index in [0.717, 1.165) is 0 Å². The first-order valence-electron chi connectivity index (χ1n) is 5.31. The zero-order valence-electron chi connectivity index (χ0n) is 9.61. The second-order valence-electron chi connectivity index (χ2n) is 3.55. The van der Waals surface area contributed by atoms with Crippen LogP contribution in [0.5, 0.6) is 5.75 Å². The topological polar surface area (TPSA) is 38.7 Å². The Hall–Kier alpha value is -1.20. The Morgan fingerprint density at radius 2 is 2.12 bits per heavy atom. The zero-order chi connectivity index (χ0) is 12.7. The third-order valence-electron chi connectivity index (χ3n) is 2.26. The van der Waals surface area contributed by atoms with Crippen LogP contribution in [0.1, 0.15) is 18.1 Å². The summed E-state index contributed by atoms with van der Waals surface area (Å²) in [5, 5.41) is 9.78. The fraction of sp³-hybridized carbons (Fsp3) is 0.500. The molecule has 1 N–H and O–H groups in total. The molecular formula is C12H16F2O3. The van der Waals surface area contributed by atoms with Crippen molar-refractivity contribution in [3.8, 4) is 5.75 Å². The molecule has 1 aromatic rings. The van der Waals surface area contributed by atoms with Crippen LogP contribution in [0.2, 0.25) is 0 Å². The average molecular weight is 246 g/mol. The first kappa shape index (κ1) is 13.9. The van der Waals surface area contributed by atoms with Gasteiger partial charge in [0, 0.05) is 13.0 Å². The summed E-state index contributed by atoms with van der Waals surface area (Å²) in [4.78, 5) is 0. The van der Waals surface area contributed by atoms with Crippen LogP contribution < -0.4 is 4.74 Å². The highest BCUT2D eigenvalue weighted by atomic mass is 19.3. The molecule has 96 valence electrons. The van der Waals surface area contributed by atoms with Gasteiger partial charge in [-0.2, -0.15) is 0 Å². The lowest BCUT2D eigenvalue weighted by Gasteiger charge is -2.12. The largest absolute Gasteiger partial charge is 0.497 e. The second-order valence-corrected chi connectivity index (χ2v) is 3.55. The van der Waals surface area contributed by atoms with Crippen molar-refractivity contribution >= 4 is 0 Å². The van der Waals surface area contributed by atoms with Gasteiger partial charge in [-0.3, -0.25) is 0 Å². The van der Waals surface area contributed by atoms with E-state index in [1.165, 1.54) is 7.11 Å². The number of aliphatic hydroxyl groups excluding tert-OH is 1. The standard InChI is InChI=1S/C12H16F2O3/c1-16-10-4-2-3-9(7-10)11(15)5-6-17-8-12(13)14/h2-4,7,11-12,15H,5-6,8H2,1H3. The van der Waals surface area contributed by atoms with Crippen molar-refractivity contribution in [2.75, 3.05) is 20.3 Å². The number of benzene rings is 1. The van der Waals surface area contributed by atoms with Gasteiger partial charge in [-0.05, 0) is 17.7 Å². The van der Waals surface area contributed by atoms with Crippen LogP contribution in [0.15, 0.2) is 24.3 Å². The molecular weight excluding hydrogens is 230 g/mol. The van der Waals surface area contributed by atoms with Crippen LogP contribution >= 0.6 is 0 Å². The molecule has 0 radical (unpaired) electrons. The van der Waals surface area contributed by atoms with Crippen molar-refractivity contribution in [3.05, 3.63) is 29.8 Å². The number of halogens is 2. The zero-order valence-corrected chi connectivity index (χ0v) is 9.61. The van der Waals surface area contributed by atoms with Crippen molar-refractivity contribution in [2.24, 2.45) is 0 Å². The van der Waals surface area contributed by atoms with Crippen LogP contribution in [-0.2, 0) is 4.74 Å². The van der Waals surface area contributed by atoms with Gasteiger partial charge in [-0.25, -0.2) is 8.78 Å². The highest BCUT2D eigenvalue weighted by molar-refractivity contribution is 5.29. The van der Waals surface area contributed by atoms with E-state index in [-0.39, 0.29) is 13.0 Å². The van der Waals surface area contributed by atoms with Crippen LogP contribution in [0.4, 0.5) is 8.78 Å². The summed E-state index contributed by atoms with van der Waals surface area (Å²) in [6, 6.07) is 6.99. The molecule has 3 nitrogen and oxygen atoms in total. The minimum absolute atomic E-state index is 0.0999. The molecule has 0 bridgehead atoms. The lowest BCUT2D eigenvalue weighted by Crippen LogP contribution is -2.08. The molecule has 1 aromatic carbocycles. The Labute approximate surface area is 99.0 Å². The lowest BCUT2D eigenvalue weighted by molar-refractivity contribution is 0.00480. The predicted octanol–water partition coefficient (Wildman–Crippen LogP) is 2.40. The predicted molar refractivity (Wildman–Crippen MR) is 59.4 cm³/mol. The first-order chi connectivity index (χ1) is 8.13. The summed E-state index contributed by atoms with van der Waals surface area (Å²) in [5.74, 6) is 0.648. The average Bonchev–Trinajstić information content (AvgIpc) is 2.34. The number of methoxy groups -OCH3 is 1. The maximum absolute atomic E-state index is 11.8. The molecule has 5 heteroatoms. The summed E-state index contributed by atoms with van der Waals surface area (Å²) in [6.45, 7) is -0.493. The minimum atomic E-state index is -2.47. The van der Waals surface area contributed by atoms with Gasteiger partial charge < -0.3 is 14.6 Å². The molecule has 0 amide bonds. The lowest BCUT2D eigenvalue weighted by atomic mass is 10.1. The van der Waals surface area contributed by atoms with Crippen LogP contribution in [0, 0.1) is 0 Å². The van der Waals surface area contributed by atoms with E-state index in [1.54, 1.807) is 24.3 Å². The van der Waals surface area contributed by atoms with Crippen LogP contribution in [0.3, 0.4) is 0 Å². The molecule has 0 aromatic heterocycles. The van der Waals surface area contributed by atoms with Crippen molar-refractivity contribution in [3.63, 3.8) is 0 Å². The number of rotatable bonds is 7. The van der Waals surface area contributed by atoms with Gasteiger partial charge >= 0.3 is 0 Å². The molecule has 0 fully saturated rings. The molecule has 1 unspecified atom stereocenters. The van der Waals surface area contributed by atoms with E-state index in [1.807, 2.05) is 0 Å². The summed E-state index contributed by atoms with van der Waals surface area (Å²) < 4.78 is 33.3. The maximum Gasteiger partial charge on any atom is 0.261 e. The molecule has 0 aliphatic carbocycles. The van der Waals surface area contributed by atoms with Crippen molar-refractivity contribution in [1.29, 1.82) is 0 Å². The van der Waals surface area contributed by atoms with Crippen molar-refractivity contribution in [2.45, 2.75) is 19.0 Å². The smallest absolute Gasteiger partial charge is 0.261 e. The minimum Gasteiger partial charge on any atom is -0.497 e. The maximum atomic E-state index is 11.8. The molecule has 1 rings (SSSR count). The van der Waals surface area contributed by atoms with Gasteiger partial charge in [-0.15, -0.1) is 0 Å². The van der Waals surface area contributed by atoms with Gasteiger partial charge in [-0.1, -0.05) is 12.1 Å². The summed E-state index contributed by atoms with van der Waals surface area (Å²) in [5.41, 5.74) is 0.685. The van der Waals surface area contributed by atoms with E-state index in [4.69, 9.17) is 9.47 Å². The number of hydrogen-bond donors (Lipinski definition) is 1. The number of hydrogen-bond acceptors (Lipinski definition) is 3. The Kier molecular flexibility index (Phi) is 5.86. The normalized spacial score (nSPS) is 12.8. The van der Waals surface area contributed by atoms with Gasteiger partial charge in [0.15, 0.2) is 0 Å². The van der Waals surface area contributed by atoms with E-state index >= 15 is 0 Å². The molecule has 0 aliphatic rings. The number of aliphatic hydroxyl groups is 1. The summed E-state index contributed by atoms with van der Waals surface area (Å²) in [7, 11) is 1.54. The van der Waals surface area contributed by atoms with E-state index in [0.29, 0.717) is 11.3 Å². The molecule has 0 saturated heterocycles. The molecule has 0 aliphatic heterocycles. The van der Waals surface area contributed by atoms with E-state index < -0.39 is 19.1 Å². The van der Waals surface area contributed by atoms with Gasteiger partial charge in [0.1, 0.15) is 12.4 Å². The highest BCUT2D eigenvalue weighted by Gasteiger charge is 2.09. The fourth-order valence-electron chi connectivity index (χ4n) is 1.38. The summed E-state index contributed by atoms with van der Waals surface area (Å²) in [6.07, 6.45) is -2.92.